The Bertz CT molecular complexity index is 413. The Morgan fingerprint density at radius 3 is 2.53 bits per heavy atom. The summed E-state index contributed by atoms with van der Waals surface area (Å²) in [6.07, 6.45) is -1.83. The van der Waals surface area contributed by atoms with E-state index in [0.29, 0.717) is 11.3 Å². The molecule has 0 radical (unpaired) electrons. The lowest BCUT2D eigenvalue weighted by Crippen LogP contribution is -2.14. The Labute approximate surface area is 98.6 Å². The number of carboxylic acid groups (broad SMARTS) is 1. The van der Waals surface area contributed by atoms with Crippen LogP contribution in [0.5, 0.6) is 5.75 Å². The minimum Gasteiger partial charge on any atom is -0.496 e. The molecule has 1 aromatic rings. The molecule has 0 amide bonds. The molecule has 0 bridgehead atoms. The second-order valence-corrected chi connectivity index (χ2v) is 3.50. The number of rotatable bonds is 6. The van der Waals surface area contributed by atoms with Crippen LogP contribution in [0.2, 0.25) is 0 Å². The number of ketones is 1. The molecular weight excluding hydrogens is 224 g/mol. The molecule has 0 aliphatic heterocycles. The number of aliphatic hydroxyl groups is 1. The highest BCUT2D eigenvalue weighted by Gasteiger charge is 2.21. The fraction of sp³-hybridized carbons (Fsp3) is 0.333. The Morgan fingerprint density at radius 2 is 1.94 bits per heavy atom. The first-order valence-electron chi connectivity index (χ1n) is 5.11. The van der Waals surface area contributed by atoms with E-state index in [2.05, 4.69) is 0 Å². The van der Waals surface area contributed by atoms with Crippen LogP contribution in [0, 0.1) is 0 Å². The molecule has 0 unspecified atom stereocenters. The van der Waals surface area contributed by atoms with Gasteiger partial charge in [0.2, 0.25) is 0 Å². The van der Waals surface area contributed by atoms with Crippen molar-refractivity contribution in [3.05, 3.63) is 29.8 Å². The molecule has 2 N–H and O–H groups in total. The monoisotopic (exact) mass is 238 g/mol. The smallest absolute Gasteiger partial charge is 0.303 e. The summed E-state index contributed by atoms with van der Waals surface area (Å²) < 4.78 is 5.01. The highest BCUT2D eigenvalue weighted by molar-refractivity contribution is 5.87. The number of carbonyl (C=O) groups is 2. The molecule has 1 rings (SSSR count). The average Bonchev–Trinajstić information content (AvgIpc) is 2.34. The molecule has 0 aromatic heterocycles. The maximum Gasteiger partial charge on any atom is 0.303 e. The molecule has 0 saturated heterocycles. The molecule has 0 heterocycles. The second kappa shape index (κ2) is 6.00. The Morgan fingerprint density at radius 1 is 1.29 bits per heavy atom. The van der Waals surface area contributed by atoms with E-state index < -0.39 is 17.9 Å². The zero-order chi connectivity index (χ0) is 12.8. The number of methoxy groups -OCH3 is 1. The standard InChI is InChI=1S/C12H14O5/c1-17-10-5-3-2-4-8(10)12(16)9(13)6-7-11(14)15/h2-5,12,16H,6-7H2,1H3,(H,14,15)/t12-/m1/s1. The van der Waals surface area contributed by atoms with E-state index in [9.17, 15) is 14.7 Å². The highest BCUT2D eigenvalue weighted by atomic mass is 16.5. The molecule has 0 saturated carbocycles. The number of ether oxygens (including phenoxy) is 1. The highest BCUT2D eigenvalue weighted by Crippen LogP contribution is 2.26. The zero-order valence-corrected chi connectivity index (χ0v) is 9.42. The minimum atomic E-state index is -1.34. The van der Waals surface area contributed by atoms with E-state index in [1.807, 2.05) is 0 Å². The van der Waals surface area contributed by atoms with Gasteiger partial charge >= 0.3 is 5.97 Å². The number of carbonyl (C=O) groups excluding carboxylic acids is 1. The quantitative estimate of drug-likeness (QED) is 0.777. The maximum absolute atomic E-state index is 11.5. The number of carboxylic acids is 1. The number of Topliss-reactive ketones (excluding diaryl/α,β-unsaturated/α-hetero) is 1. The van der Waals surface area contributed by atoms with Crippen molar-refractivity contribution in [2.75, 3.05) is 7.11 Å². The molecule has 92 valence electrons. The molecule has 0 aliphatic carbocycles. The van der Waals surface area contributed by atoms with Crippen molar-refractivity contribution in [3.63, 3.8) is 0 Å². The Hall–Kier alpha value is -1.88. The molecule has 0 aliphatic rings. The summed E-state index contributed by atoms with van der Waals surface area (Å²) in [6, 6.07) is 6.59. The minimum absolute atomic E-state index is 0.200. The third-order valence-electron chi connectivity index (χ3n) is 2.32. The van der Waals surface area contributed by atoms with Crippen molar-refractivity contribution in [2.24, 2.45) is 0 Å². The molecule has 5 nitrogen and oxygen atoms in total. The summed E-state index contributed by atoms with van der Waals surface area (Å²) in [7, 11) is 1.44. The van der Waals surface area contributed by atoms with Crippen molar-refractivity contribution in [3.8, 4) is 5.75 Å². The first kappa shape index (κ1) is 13.2. The van der Waals surface area contributed by atoms with Crippen LogP contribution in [0.25, 0.3) is 0 Å². The van der Waals surface area contributed by atoms with Gasteiger partial charge in [0.25, 0.3) is 0 Å². The van der Waals surface area contributed by atoms with Crippen molar-refractivity contribution < 1.29 is 24.5 Å². The van der Waals surface area contributed by atoms with Crippen molar-refractivity contribution in [1.29, 1.82) is 0 Å². The summed E-state index contributed by atoms with van der Waals surface area (Å²) in [4.78, 5) is 21.9. The van der Waals surface area contributed by atoms with Crippen molar-refractivity contribution in [2.45, 2.75) is 18.9 Å². The molecule has 5 heteroatoms. The summed E-state index contributed by atoms with van der Waals surface area (Å²) in [5.41, 5.74) is 0.352. The summed E-state index contributed by atoms with van der Waals surface area (Å²) in [5, 5.41) is 18.2. The number of aliphatic hydroxyl groups excluding tert-OH is 1. The third kappa shape index (κ3) is 3.57. The predicted octanol–water partition coefficient (Wildman–Crippen LogP) is 1.16. The Kier molecular flexibility index (Phi) is 4.66. The largest absolute Gasteiger partial charge is 0.496 e. The van der Waals surface area contributed by atoms with Gasteiger partial charge in [-0.15, -0.1) is 0 Å². The number of aliphatic carboxylic acids is 1. The van der Waals surface area contributed by atoms with Gasteiger partial charge in [-0.2, -0.15) is 0 Å². The number of hydrogen-bond acceptors (Lipinski definition) is 4. The van der Waals surface area contributed by atoms with Gasteiger partial charge < -0.3 is 14.9 Å². The first-order chi connectivity index (χ1) is 8.06. The van der Waals surface area contributed by atoms with Crippen LogP contribution in [0.3, 0.4) is 0 Å². The van der Waals surface area contributed by atoms with Gasteiger partial charge in [-0.1, -0.05) is 18.2 Å². The van der Waals surface area contributed by atoms with Gasteiger partial charge in [0.15, 0.2) is 5.78 Å². The van der Waals surface area contributed by atoms with Crippen LogP contribution >= 0.6 is 0 Å². The first-order valence-corrected chi connectivity index (χ1v) is 5.11. The van der Waals surface area contributed by atoms with Crippen molar-refractivity contribution >= 4 is 11.8 Å². The van der Waals surface area contributed by atoms with Gasteiger partial charge in [0, 0.05) is 12.0 Å². The van der Waals surface area contributed by atoms with E-state index in [4.69, 9.17) is 9.84 Å². The normalized spacial score (nSPS) is 11.9. The maximum atomic E-state index is 11.5. The molecule has 1 aromatic carbocycles. The number of para-hydroxylation sites is 1. The molecule has 17 heavy (non-hydrogen) atoms. The lowest BCUT2D eigenvalue weighted by molar-refractivity contribution is -0.139. The van der Waals surface area contributed by atoms with E-state index in [0.717, 1.165) is 0 Å². The van der Waals surface area contributed by atoms with Gasteiger partial charge in [0.1, 0.15) is 11.9 Å². The van der Waals surface area contributed by atoms with Gasteiger partial charge in [-0.25, -0.2) is 0 Å². The van der Waals surface area contributed by atoms with Crippen LogP contribution in [0.1, 0.15) is 24.5 Å². The van der Waals surface area contributed by atoms with Gasteiger partial charge in [0.05, 0.1) is 13.5 Å². The van der Waals surface area contributed by atoms with Crippen LogP contribution in [-0.4, -0.2) is 29.1 Å². The molecule has 0 fully saturated rings. The topological polar surface area (TPSA) is 83.8 Å². The fourth-order valence-corrected chi connectivity index (χ4v) is 1.43. The predicted molar refractivity (Wildman–Crippen MR) is 59.8 cm³/mol. The molecule has 0 spiro atoms. The van der Waals surface area contributed by atoms with Crippen LogP contribution in [0.4, 0.5) is 0 Å². The van der Waals surface area contributed by atoms with Crippen LogP contribution in [-0.2, 0) is 9.59 Å². The third-order valence-corrected chi connectivity index (χ3v) is 2.32. The fourth-order valence-electron chi connectivity index (χ4n) is 1.43. The Balaban J connectivity index is 2.77. The van der Waals surface area contributed by atoms with Crippen molar-refractivity contribution in [1.82, 2.24) is 0 Å². The summed E-state index contributed by atoms with van der Waals surface area (Å²) >= 11 is 0. The number of benzene rings is 1. The van der Waals surface area contributed by atoms with Gasteiger partial charge in [-0.3, -0.25) is 9.59 Å². The lowest BCUT2D eigenvalue weighted by atomic mass is 10.0. The zero-order valence-electron chi connectivity index (χ0n) is 9.42. The van der Waals surface area contributed by atoms with E-state index in [1.54, 1.807) is 24.3 Å². The summed E-state index contributed by atoms with van der Waals surface area (Å²) in [6.45, 7) is 0. The summed E-state index contributed by atoms with van der Waals surface area (Å²) in [5.74, 6) is -1.19. The number of hydrogen-bond donors (Lipinski definition) is 2. The van der Waals surface area contributed by atoms with E-state index in [1.165, 1.54) is 7.11 Å². The molecule has 1 atom stereocenters. The average molecular weight is 238 g/mol. The second-order valence-electron chi connectivity index (χ2n) is 3.50. The lowest BCUT2D eigenvalue weighted by Gasteiger charge is -2.13. The van der Waals surface area contributed by atoms with E-state index in [-0.39, 0.29) is 12.8 Å². The van der Waals surface area contributed by atoms with E-state index >= 15 is 0 Å². The molecular formula is C12H14O5. The van der Waals surface area contributed by atoms with Crippen LogP contribution in [0.15, 0.2) is 24.3 Å². The van der Waals surface area contributed by atoms with Gasteiger partial charge in [-0.05, 0) is 6.07 Å². The van der Waals surface area contributed by atoms with Crippen LogP contribution < -0.4 is 4.74 Å². The SMILES string of the molecule is COc1ccccc1[C@@H](O)C(=O)CCC(=O)O.